The molecule has 1 aromatic carbocycles. The van der Waals surface area contributed by atoms with Crippen LogP contribution in [0, 0.1) is 18.7 Å². The van der Waals surface area contributed by atoms with Gasteiger partial charge in [-0.25, -0.2) is 19.2 Å². The minimum absolute atomic E-state index is 0.0382. The lowest BCUT2D eigenvalue weighted by atomic mass is 9.97. The lowest BCUT2D eigenvalue weighted by Gasteiger charge is -2.28. The van der Waals surface area contributed by atoms with E-state index in [0.29, 0.717) is 47.7 Å². The largest absolute Gasteiger partial charge is 0.474 e. The monoisotopic (exact) mass is 466 g/mol. The van der Waals surface area contributed by atoms with Crippen molar-refractivity contribution in [2.75, 3.05) is 49.2 Å². The van der Waals surface area contributed by atoms with Crippen LogP contribution < -0.4 is 20.7 Å². The number of amides is 1. The Morgan fingerprint density at radius 3 is 2.79 bits per heavy atom. The molecule has 3 aromatic rings. The summed E-state index contributed by atoms with van der Waals surface area (Å²) in [6, 6.07) is 3.11. The number of pyridine rings is 2. The fraction of sp³-hybridized carbons (Fsp3) is 0.375. The summed E-state index contributed by atoms with van der Waals surface area (Å²) in [6.45, 7) is 6.46. The van der Waals surface area contributed by atoms with Crippen molar-refractivity contribution in [3.8, 4) is 17.0 Å². The second-order valence-corrected chi connectivity index (χ2v) is 9.09. The molecule has 4 N–H and O–H groups in total. The third kappa shape index (κ3) is 3.54. The molecule has 5 rings (SSSR count). The maximum absolute atomic E-state index is 15.4. The molecule has 2 atom stereocenters. The SMILES string of the molecule is Cc1c(-c2cc3cc(N(C(=O)O)[C@@H]4CN(C)C[C@H]4C)ncc3c(N)c2F)cnc2c1NCCO2. The highest BCUT2D eigenvalue weighted by molar-refractivity contribution is 5.99. The van der Waals surface area contributed by atoms with Gasteiger partial charge in [0.25, 0.3) is 0 Å². The van der Waals surface area contributed by atoms with Gasteiger partial charge in [0.2, 0.25) is 5.88 Å². The second kappa shape index (κ2) is 8.28. The first-order chi connectivity index (χ1) is 16.3. The summed E-state index contributed by atoms with van der Waals surface area (Å²) in [5.41, 5.74) is 8.55. The Labute approximate surface area is 196 Å². The summed E-state index contributed by atoms with van der Waals surface area (Å²) in [6.07, 6.45) is 1.95. The second-order valence-electron chi connectivity index (χ2n) is 9.09. The van der Waals surface area contributed by atoms with E-state index in [2.05, 4.69) is 20.2 Å². The van der Waals surface area contributed by atoms with E-state index in [-0.39, 0.29) is 23.2 Å². The molecule has 2 aliphatic rings. The average Bonchev–Trinajstić information content (AvgIpc) is 3.14. The number of fused-ring (bicyclic) bond motifs is 2. The van der Waals surface area contributed by atoms with Gasteiger partial charge in [0.1, 0.15) is 18.1 Å². The van der Waals surface area contributed by atoms with Gasteiger partial charge < -0.3 is 25.8 Å². The molecule has 1 saturated heterocycles. The molecule has 1 amide bonds. The summed E-state index contributed by atoms with van der Waals surface area (Å²) in [5.74, 6) is 0.358. The van der Waals surface area contributed by atoms with E-state index in [0.717, 1.165) is 17.8 Å². The predicted octanol–water partition coefficient (Wildman–Crippen LogP) is 3.57. The first-order valence-electron chi connectivity index (χ1n) is 11.2. The molecule has 10 heteroatoms. The summed E-state index contributed by atoms with van der Waals surface area (Å²) in [4.78, 5) is 24.3. The number of nitrogens with zero attached hydrogens (tertiary/aromatic N) is 4. The summed E-state index contributed by atoms with van der Waals surface area (Å²) in [5, 5.41) is 14.3. The van der Waals surface area contributed by atoms with E-state index in [1.54, 1.807) is 18.3 Å². The highest BCUT2D eigenvalue weighted by Crippen LogP contribution is 2.40. The summed E-state index contributed by atoms with van der Waals surface area (Å²) in [7, 11) is 1.97. The van der Waals surface area contributed by atoms with Crippen LogP contribution in [0.2, 0.25) is 0 Å². The molecule has 178 valence electrons. The van der Waals surface area contributed by atoms with E-state index >= 15 is 4.39 Å². The number of likely N-dealkylation sites (N-methyl/N-ethyl adjacent to an activating group) is 1. The van der Waals surface area contributed by atoms with Crippen molar-refractivity contribution in [3.05, 3.63) is 35.9 Å². The molecular weight excluding hydrogens is 439 g/mol. The average molecular weight is 467 g/mol. The van der Waals surface area contributed by atoms with Crippen LogP contribution in [0.15, 0.2) is 24.5 Å². The number of nitrogens with two attached hydrogens (primary N) is 1. The molecule has 0 spiro atoms. The minimum Gasteiger partial charge on any atom is -0.474 e. The Morgan fingerprint density at radius 1 is 1.29 bits per heavy atom. The van der Waals surface area contributed by atoms with Gasteiger partial charge >= 0.3 is 6.09 Å². The smallest absolute Gasteiger partial charge is 0.413 e. The fourth-order valence-corrected chi connectivity index (χ4v) is 5.04. The molecule has 2 aromatic heterocycles. The number of nitrogen functional groups attached to an aromatic ring is 1. The number of rotatable bonds is 3. The number of carboxylic acid groups (broad SMARTS) is 1. The van der Waals surface area contributed by atoms with Crippen LogP contribution in [0.5, 0.6) is 5.88 Å². The van der Waals surface area contributed by atoms with Crippen molar-refractivity contribution in [1.82, 2.24) is 14.9 Å². The van der Waals surface area contributed by atoms with Gasteiger partial charge in [-0.05, 0) is 43.0 Å². The van der Waals surface area contributed by atoms with E-state index in [1.807, 2.05) is 20.9 Å². The molecule has 1 fully saturated rings. The number of halogens is 1. The first-order valence-corrected chi connectivity index (χ1v) is 11.2. The van der Waals surface area contributed by atoms with E-state index < -0.39 is 11.9 Å². The van der Waals surface area contributed by atoms with Crippen LogP contribution in [0.25, 0.3) is 21.9 Å². The zero-order valence-corrected chi connectivity index (χ0v) is 19.3. The Hall–Kier alpha value is -3.66. The molecule has 4 heterocycles. The number of aromatic nitrogens is 2. The van der Waals surface area contributed by atoms with Gasteiger partial charge in [-0.15, -0.1) is 0 Å². The Bertz CT molecular complexity index is 1300. The van der Waals surface area contributed by atoms with E-state index in [4.69, 9.17) is 10.5 Å². The van der Waals surface area contributed by atoms with Gasteiger partial charge in [0, 0.05) is 48.5 Å². The van der Waals surface area contributed by atoms with Crippen LogP contribution in [-0.2, 0) is 0 Å². The molecule has 34 heavy (non-hydrogen) atoms. The predicted molar refractivity (Wildman–Crippen MR) is 129 cm³/mol. The zero-order chi connectivity index (χ0) is 24.1. The molecule has 0 bridgehead atoms. The van der Waals surface area contributed by atoms with Crippen molar-refractivity contribution >= 4 is 34.1 Å². The van der Waals surface area contributed by atoms with Gasteiger partial charge in [0.15, 0.2) is 5.82 Å². The van der Waals surface area contributed by atoms with Crippen molar-refractivity contribution in [2.45, 2.75) is 19.9 Å². The lowest BCUT2D eigenvalue weighted by molar-refractivity contribution is 0.197. The number of hydrogen-bond donors (Lipinski definition) is 3. The maximum atomic E-state index is 15.4. The topological polar surface area (TPSA) is 117 Å². The third-order valence-electron chi connectivity index (χ3n) is 6.76. The minimum atomic E-state index is -1.07. The van der Waals surface area contributed by atoms with Gasteiger partial charge in [-0.2, -0.15) is 0 Å². The Balaban J connectivity index is 1.64. The van der Waals surface area contributed by atoms with Crippen molar-refractivity contribution in [3.63, 3.8) is 0 Å². The molecular formula is C24H27FN6O3. The summed E-state index contributed by atoms with van der Waals surface area (Å²) >= 11 is 0. The number of hydrogen-bond acceptors (Lipinski definition) is 7. The number of anilines is 3. The molecule has 9 nitrogen and oxygen atoms in total. The molecule has 0 radical (unpaired) electrons. The van der Waals surface area contributed by atoms with Crippen molar-refractivity contribution in [1.29, 1.82) is 0 Å². The van der Waals surface area contributed by atoms with Crippen molar-refractivity contribution in [2.24, 2.45) is 5.92 Å². The molecule has 0 aliphatic carbocycles. The Morgan fingerprint density at radius 2 is 2.09 bits per heavy atom. The van der Waals surface area contributed by atoms with Gasteiger partial charge in [-0.3, -0.25) is 4.90 Å². The highest BCUT2D eigenvalue weighted by Gasteiger charge is 2.36. The third-order valence-corrected chi connectivity index (χ3v) is 6.76. The first kappa shape index (κ1) is 22.1. The summed E-state index contributed by atoms with van der Waals surface area (Å²) < 4.78 is 21.0. The van der Waals surface area contributed by atoms with Crippen molar-refractivity contribution < 1.29 is 19.0 Å². The maximum Gasteiger partial charge on any atom is 0.413 e. The van der Waals surface area contributed by atoms with Gasteiger partial charge in [-0.1, -0.05) is 6.92 Å². The molecule has 2 aliphatic heterocycles. The zero-order valence-electron chi connectivity index (χ0n) is 19.3. The van der Waals surface area contributed by atoms with Crippen LogP contribution in [-0.4, -0.2) is 65.4 Å². The normalized spacial score (nSPS) is 20.0. The van der Waals surface area contributed by atoms with E-state index in [9.17, 15) is 9.90 Å². The number of nitrogens with one attached hydrogen (secondary N) is 1. The van der Waals surface area contributed by atoms with Crippen LogP contribution in [0.3, 0.4) is 0 Å². The lowest BCUT2D eigenvalue weighted by Crippen LogP contribution is -2.44. The number of benzene rings is 1. The molecule has 0 unspecified atom stereocenters. The van der Waals surface area contributed by atoms with Gasteiger partial charge in [0.05, 0.1) is 11.7 Å². The standard InChI is InChI=1S/C24H27FN6O3/c1-12-10-30(3)11-18(12)31(24(32)33)19-7-14-6-15(20(25)21(26)17(14)9-28-19)16-8-29-23-22(13(16)2)27-4-5-34-23/h6-9,12,18,27H,4-5,10-11,26H2,1-3H3,(H,32,33)/t12-,18-/m1/s1. The van der Waals surface area contributed by atoms with E-state index in [1.165, 1.54) is 11.1 Å². The van der Waals surface area contributed by atoms with Crippen LogP contribution in [0.4, 0.5) is 26.4 Å². The van der Waals surface area contributed by atoms with Crippen LogP contribution in [0.1, 0.15) is 12.5 Å². The van der Waals surface area contributed by atoms with Crippen LogP contribution >= 0.6 is 0 Å². The highest BCUT2D eigenvalue weighted by atomic mass is 19.1. The number of likely N-dealkylation sites (tertiary alicyclic amines) is 1. The number of ether oxygens (including phenoxy) is 1. The number of carbonyl (C=O) groups is 1. The quantitative estimate of drug-likeness (QED) is 0.502. The molecule has 0 saturated carbocycles. The Kier molecular flexibility index (Phi) is 5.40. The fourth-order valence-electron chi connectivity index (χ4n) is 5.04.